The summed E-state index contributed by atoms with van der Waals surface area (Å²) in [4.78, 5) is 19.0. The van der Waals surface area contributed by atoms with Crippen molar-refractivity contribution in [1.82, 2.24) is 20.2 Å². The number of carbonyl (C=O) groups excluding carboxylic acids is 1. The normalized spacial score (nSPS) is 10.7. The first-order valence-electron chi connectivity index (χ1n) is 5.27. The maximum Gasteiger partial charge on any atom is 0.275 e. The van der Waals surface area contributed by atoms with Gasteiger partial charge < -0.3 is 16.0 Å². The van der Waals surface area contributed by atoms with Gasteiger partial charge in [0, 0.05) is 5.69 Å². The van der Waals surface area contributed by atoms with Gasteiger partial charge in [0.1, 0.15) is 5.69 Å². The van der Waals surface area contributed by atoms with Crippen LogP contribution in [0.15, 0.2) is 30.7 Å². The summed E-state index contributed by atoms with van der Waals surface area (Å²) in [6.07, 6.45) is 3.00. The molecule has 3 rings (SSSR count). The highest BCUT2D eigenvalue weighted by molar-refractivity contribution is 6.06. The van der Waals surface area contributed by atoms with E-state index in [9.17, 15) is 4.79 Å². The Bertz CT molecular complexity index is 713. The number of carbonyl (C=O) groups is 1. The maximum atomic E-state index is 11.9. The van der Waals surface area contributed by atoms with Crippen molar-refractivity contribution >= 4 is 28.3 Å². The van der Waals surface area contributed by atoms with E-state index in [1.165, 1.54) is 6.20 Å². The molecule has 5 N–H and O–H groups in total. The summed E-state index contributed by atoms with van der Waals surface area (Å²) >= 11 is 0. The van der Waals surface area contributed by atoms with Crippen LogP contribution in [0.25, 0.3) is 11.0 Å². The number of amides is 1. The first kappa shape index (κ1) is 10.3. The number of fused-ring (bicyclic) bond motifs is 1. The number of nitrogens with zero attached hydrogens (tertiary/aromatic N) is 2. The van der Waals surface area contributed by atoms with Gasteiger partial charge in [0.05, 0.1) is 29.2 Å². The van der Waals surface area contributed by atoms with Crippen molar-refractivity contribution in [3.8, 4) is 0 Å². The third-order valence-electron chi connectivity index (χ3n) is 2.57. The number of H-pyrrole nitrogens is 2. The Morgan fingerprint density at radius 3 is 3.06 bits per heavy atom. The van der Waals surface area contributed by atoms with Gasteiger partial charge in [-0.05, 0) is 18.2 Å². The van der Waals surface area contributed by atoms with Gasteiger partial charge in [-0.1, -0.05) is 0 Å². The molecule has 3 aromatic rings. The molecule has 0 saturated carbocycles. The quantitative estimate of drug-likeness (QED) is 0.539. The second-order valence-corrected chi connectivity index (χ2v) is 3.79. The number of hydrogen-bond donors (Lipinski definition) is 4. The van der Waals surface area contributed by atoms with Gasteiger partial charge in [0.25, 0.3) is 5.91 Å². The Labute approximate surface area is 101 Å². The Hall–Kier alpha value is -2.83. The molecule has 18 heavy (non-hydrogen) atoms. The van der Waals surface area contributed by atoms with Gasteiger partial charge in [-0.2, -0.15) is 5.10 Å². The lowest BCUT2D eigenvalue weighted by atomic mass is 10.2. The van der Waals surface area contributed by atoms with Crippen LogP contribution in [0.3, 0.4) is 0 Å². The highest BCUT2D eigenvalue weighted by Gasteiger charge is 2.12. The number of nitrogen functional groups attached to an aromatic ring is 1. The second-order valence-electron chi connectivity index (χ2n) is 3.79. The number of hydrogen-bond acceptors (Lipinski definition) is 4. The van der Waals surface area contributed by atoms with Crippen LogP contribution in [-0.4, -0.2) is 26.1 Å². The molecule has 0 aliphatic carbocycles. The molecule has 0 fully saturated rings. The van der Waals surface area contributed by atoms with Gasteiger partial charge in [-0.3, -0.25) is 9.89 Å². The topological polar surface area (TPSA) is 112 Å². The van der Waals surface area contributed by atoms with E-state index < -0.39 is 0 Å². The van der Waals surface area contributed by atoms with Crippen LogP contribution < -0.4 is 11.1 Å². The first-order valence-corrected chi connectivity index (χ1v) is 5.27. The Kier molecular flexibility index (Phi) is 2.23. The molecule has 0 spiro atoms. The molecule has 1 amide bonds. The monoisotopic (exact) mass is 242 g/mol. The lowest BCUT2D eigenvalue weighted by molar-refractivity contribution is 0.102. The molecule has 7 nitrogen and oxygen atoms in total. The summed E-state index contributed by atoms with van der Waals surface area (Å²) < 4.78 is 0. The van der Waals surface area contributed by atoms with Crippen LogP contribution in [0.5, 0.6) is 0 Å². The number of aromatic nitrogens is 4. The SMILES string of the molecule is Nc1cn[nH]c1C(=O)Nc1ccc2nc[nH]c2c1. The van der Waals surface area contributed by atoms with Gasteiger partial charge >= 0.3 is 0 Å². The van der Waals surface area contributed by atoms with E-state index in [0.717, 1.165) is 11.0 Å². The van der Waals surface area contributed by atoms with E-state index in [0.29, 0.717) is 11.4 Å². The number of anilines is 2. The molecule has 2 heterocycles. The van der Waals surface area contributed by atoms with E-state index in [1.807, 2.05) is 6.07 Å². The predicted octanol–water partition coefficient (Wildman–Crippen LogP) is 1.12. The fourth-order valence-electron chi connectivity index (χ4n) is 1.68. The van der Waals surface area contributed by atoms with Crippen LogP contribution >= 0.6 is 0 Å². The Balaban J connectivity index is 1.88. The highest BCUT2D eigenvalue weighted by atomic mass is 16.1. The first-order chi connectivity index (χ1) is 8.74. The number of rotatable bonds is 2. The molecule has 0 unspecified atom stereocenters. The molecule has 0 aliphatic heterocycles. The summed E-state index contributed by atoms with van der Waals surface area (Å²) in [5.74, 6) is -0.330. The summed E-state index contributed by atoms with van der Waals surface area (Å²) in [5, 5.41) is 8.98. The molecule has 0 bridgehead atoms. The molecule has 90 valence electrons. The van der Waals surface area contributed by atoms with E-state index >= 15 is 0 Å². The molecule has 7 heteroatoms. The zero-order valence-electron chi connectivity index (χ0n) is 9.27. The second kappa shape index (κ2) is 3.88. The lowest BCUT2D eigenvalue weighted by Gasteiger charge is -2.03. The predicted molar refractivity (Wildman–Crippen MR) is 67.0 cm³/mol. The summed E-state index contributed by atoms with van der Waals surface area (Å²) in [6.45, 7) is 0. The number of imidazole rings is 1. The third-order valence-corrected chi connectivity index (χ3v) is 2.57. The number of nitrogens with two attached hydrogens (primary N) is 1. The zero-order chi connectivity index (χ0) is 12.5. The molecule has 1 aromatic carbocycles. The smallest absolute Gasteiger partial charge is 0.275 e. The van der Waals surface area contributed by atoms with Crippen LogP contribution in [0.1, 0.15) is 10.5 Å². The van der Waals surface area contributed by atoms with E-state index in [2.05, 4.69) is 25.5 Å². The zero-order valence-corrected chi connectivity index (χ0v) is 9.27. The van der Waals surface area contributed by atoms with Gasteiger partial charge in [-0.15, -0.1) is 0 Å². The minimum atomic E-state index is -0.330. The fourth-order valence-corrected chi connectivity index (χ4v) is 1.68. The average molecular weight is 242 g/mol. The summed E-state index contributed by atoms with van der Waals surface area (Å²) in [7, 11) is 0. The van der Waals surface area contributed by atoms with Crippen LogP contribution in [0.2, 0.25) is 0 Å². The molecule has 0 atom stereocenters. The number of benzene rings is 1. The molecule has 0 saturated heterocycles. The Morgan fingerprint density at radius 2 is 2.28 bits per heavy atom. The van der Waals surface area contributed by atoms with E-state index in [-0.39, 0.29) is 11.6 Å². The average Bonchev–Trinajstić information content (AvgIpc) is 2.96. The summed E-state index contributed by atoms with van der Waals surface area (Å²) in [5.41, 5.74) is 8.52. The van der Waals surface area contributed by atoms with Crippen molar-refractivity contribution in [3.05, 3.63) is 36.4 Å². The van der Waals surface area contributed by atoms with Crippen molar-refractivity contribution in [3.63, 3.8) is 0 Å². The van der Waals surface area contributed by atoms with Crippen molar-refractivity contribution < 1.29 is 4.79 Å². The van der Waals surface area contributed by atoms with Crippen molar-refractivity contribution in [2.24, 2.45) is 0 Å². The standard InChI is InChI=1S/C11H10N6O/c12-7-4-15-17-10(7)11(18)16-6-1-2-8-9(3-6)14-5-13-8/h1-5H,12H2,(H,13,14)(H,15,17)(H,16,18). The van der Waals surface area contributed by atoms with E-state index in [1.54, 1.807) is 18.5 Å². The minimum Gasteiger partial charge on any atom is -0.396 e. The number of nitrogens with one attached hydrogen (secondary N) is 3. The van der Waals surface area contributed by atoms with Gasteiger partial charge in [-0.25, -0.2) is 4.98 Å². The molecule has 0 aliphatic rings. The molecule has 2 aromatic heterocycles. The van der Waals surface area contributed by atoms with Crippen LogP contribution in [-0.2, 0) is 0 Å². The summed E-state index contributed by atoms with van der Waals surface area (Å²) in [6, 6.07) is 5.39. The Morgan fingerprint density at radius 1 is 1.39 bits per heavy atom. The lowest BCUT2D eigenvalue weighted by Crippen LogP contribution is -2.14. The third kappa shape index (κ3) is 1.67. The minimum absolute atomic E-state index is 0.250. The van der Waals surface area contributed by atoms with Crippen molar-refractivity contribution in [2.75, 3.05) is 11.1 Å². The largest absolute Gasteiger partial charge is 0.396 e. The van der Waals surface area contributed by atoms with Gasteiger partial charge in [0.2, 0.25) is 0 Å². The fraction of sp³-hybridized carbons (Fsp3) is 0. The highest BCUT2D eigenvalue weighted by Crippen LogP contribution is 2.17. The maximum absolute atomic E-state index is 11.9. The number of aromatic amines is 2. The van der Waals surface area contributed by atoms with Gasteiger partial charge in [0.15, 0.2) is 0 Å². The van der Waals surface area contributed by atoms with Crippen molar-refractivity contribution in [2.45, 2.75) is 0 Å². The molecular weight excluding hydrogens is 232 g/mol. The molecular formula is C11H10N6O. The van der Waals surface area contributed by atoms with Crippen LogP contribution in [0, 0.1) is 0 Å². The van der Waals surface area contributed by atoms with E-state index in [4.69, 9.17) is 5.73 Å². The van der Waals surface area contributed by atoms with Crippen LogP contribution in [0.4, 0.5) is 11.4 Å². The van der Waals surface area contributed by atoms with Crippen molar-refractivity contribution in [1.29, 1.82) is 0 Å². The molecule has 0 radical (unpaired) electrons.